The minimum atomic E-state index is -0.306. The van der Waals surface area contributed by atoms with Crippen LogP contribution in [-0.4, -0.2) is 18.6 Å². The third-order valence-electron chi connectivity index (χ3n) is 1.22. The second kappa shape index (κ2) is 6.38. The molecule has 0 saturated heterocycles. The summed E-state index contributed by atoms with van der Waals surface area (Å²) in [5.74, 6) is 5.00. The zero-order valence-corrected chi connectivity index (χ0v) is 5.75. The molecule has 0 aliphatic heterocycles. The highest BCUT2D eigenvalue weighted by Crippen LogP contribution is 1.95. The number of nitrogens with one attached hydrogen (secondary N) is 1. The van der Waals surface area contributed by atoms with Crippen LogP contribution in [0, 0.1) is 0 Å². The van der Waals surface area contributed by atoms with Gasteiger partial charge in [0.05, 0.1) is 6.04 Å². The molecule has 3 N–H and O–H groups in total. The highest BCUT2D eigenvalue weighted by atomic mass is 16.1. The second-order valence-corrected chi connectivity index (χ2v) is 2.01. The third-order valence-corrected chi connectivity index (χ3v) is 1.22. The minimum absolute atomic E-state index is 0.306. The Morgan fingerprint density at radius 3 is 2.60 bits per heavy atom. The molecule has 58 valence electrons. The van der Waals surface area contributed by atoms with Gasteiger partial charge in [0.2, 0.25) is 0 Å². The molecule has 0 aromatic carbocycles. The van der Waals surface area contributed by atoms with Gasteiger partial charge in [-0.3, -0.25) is 11.3 Å². The number of aldehydes is 2. The van der Waals surface area contributed by atoms with Crippen molar-refractivity contribution in [2.45, 2.75) is 25.3 Å². The third kappa shape index (κ3) is 4.17. The average molecular weight is 144 g/mol. The number of nitrogens with two attached hydrogens (primary N) is 1. The van der Waals surface area contributed by atoms with E-state index in [4.69, 9.17) is 5.84 Å². The second-order valence-electron chi connectivity index (χ2n) is 2.01. The van der Waals surface area contributed by atoms with Gasteiger partial charge >= 0.3 is 0 Å². The Morgan fingerprint density at radius 2 is 2.20 bits per heavy atom. The van der Waals surface area contributed by atoms with Gasteiger partial charge < -0.3 is 9.59 Å². The molecule has 0 amide bonds. The van der Waals surface area contributed by atoms with Crippen LogP contribution in [0.4, 0.5) is 0 Å². The molecule has 10 heavy (non-hydrogen) atoms. The smallest absolute Gasteiger partial charge is 0.138 e. The fourth-order valence-corrected chi connectivity index (χ4v) is 0.612. The molecule has 0 heterocycles. The van der Waals surface area contributed by atoms with Gasteiger partial charge in [-0.25, -0.2) is 0 Å². The summed E-state index contributed by atoms with van der Waals surface area (Å²) in [5.41, 5.74) is 2.33. The number of hydrazine groups is 1. The normalized spacial score (nSPS) is 12.5. The van der Waals surface area contributed by atoms with Crippen molar-refractivity contribution in [3.8, 4) is 0 Å². The monoisotopic (exact) mass is 144 g/mol. The molecule has 0 aromatic heterocycles. The molecule has 0 spiro atoms. The average Bonchev–Trinajstić information content (AvgIpc) is 1.99. The summed E-state index contributed by atoms with van der Waals surface area (Å²) in [6.07, 6.45) is 3.39. The van der Waals surface area contributed by atoms with Crippen LogP contribution in [0.25, 0.3) is 0 Å². The van der Waals surface area contributed by atoms with Crippen LogP contribution in [0.3, 0.4) is 0 Å². The van der Waals surface area contributed by atoms with E-state index in [1.807, 2.05) is 0 Å². The van der Waals surface area contributed by atoms with E-state index in [1.54, 1.807) is 0 Å². The summed E-state index contributed by atoms with van der Waals surface area (Å²) in [6, 6.07) is -0.306. The zero-order valence-electron chi connectivity index (χ0n) is 5.75. The van der Waals surface area contributed by atoms with Crippen LogP contribution in [0.15, 0.2) is 0 Å². The Kier molecular flexibility index (Phi) is 5.91. The number of hydrogen-bond donors (Lipinski definition) is 2. The fraction of sp³-hybridized carbons (Fsp3) is 0.667. The van der Waals surface area contributed by atoms with Crippen LogP contribution in [0.1, 0.15) is 19.3 Å². The Labute approximate surface area is 59.7 Å². The van der Waals surface area contributed by atoms with Crippen molar-refractivity contribution in [2.24, 2.45) is 5.84 Å². The Hall–Kier alpha value is -0.740. The maximum absolute atomic E-state index is 10.1. The SMILES string of the molecule is NNC(C=O)CCCC=O. The lowest BCUT2D eigenvalue weighted by Crippen LogP contribution is -2.36. The summed E-state index contributed by atoms with van der Waals surface area (Å²) >= 11 is 0. The summed E-state index contributed by atoms with van der Waals surface area (Å²) < 4.78 is 0. The predicted molar refractivity (Wildman–Crippen MR) is 37.1 cm³/mol. The van der Waals surface area contributed by atoms with Gasteiger partial charge in [0, 0.05) is 6.42 Å². The molecule has 1 atom stereocenters. The molecule has 0 aromatic rings. The fourth-order valence-electron chi connectivity index (χ4n) is 0.612. The van der Waals surface area contributed by atoms with Gasteiger partial charge in [0.15, 0.2) is 0 Å². The Bertz CT molecular complexity index is 106. The minimum Gasteiger partial charge on any atom is -0.303 e. The number of carbonyl (C=O) groups is 2. The van der Waals surface area contributed by atoms with Gasteiger partial charge in [0.25, 0.3) is 0 Å². The topological polar surface area (TPSA) is 72.2 Å². The Balaban J connectivity index is 3.25. The first-order valence-electron chi connectivity index (χ1n) is 3.20. The van der Waals surface area contributed by atoms with Crippen LogP contribution >= 0.6 is 0 Å². The molecule has 4 nitrogen and oxygen atoms in total. The molecular weight excluding hydrogens is 132 g/mol. The largest absolute Gasteiger partial charge is 0.303 e. The lowest BCUT2D eigenvalue weighted by atomic mass is 10.1. The number of hydrogen-bond acceptors (Lipinski definition) is 4. The Morgan fingerprint density at radius 1 is 1.50 bits per heavy atom. The molecule has 1 unspecified atom stereocenters. The van der Waals surface area contributed by atoms with Gasteiger partial charge in [-0.1, -0.05) is 0 Å². The van der Waals surface area contributed by atoms with E-state index in [0.29, 0.717) is 19.3 Å². The first-order valence-corrected chi connectivity index (χ1v) is 3.20. The molecule has 4 heteroatoms. The van der Waals surface area contributed by atoms with Crippen LogP contribution in [-0.2, 0) is 9.59 Å². The molecule has 0 aliphatic rings. The van der Waals surface area contributed by atoms with Gasteiger partial charge in [-0.15, -0.1) is 0 Å². The molecular formula is C6H12N2O2. The highest BCUT2D eigenvalue weighted by Gasteiger charge is 2.01. The highest BCUT2D eigenvalue weighted by molar-refractivity contribution is 5.57. The maximum Gasteiger partial charge on any atom is 0.138 e. The number of unbranched alkanes of at least 4 members (excludes halogenated alkanes) is 1. The first-order chi connectivity index (χ1) is 4.85. The molecule has 0 radical (unpaired) electrons. The summed E-state index contributed by atoms with van der Waals surface area (Å²) in [5, 5.41) is 0. The van der Waals surface area contributed by atoms with E-state index in [1.165, 1.54) is 0 Å². The molecule has 0 rings (SSSR count). The van der Waals surface area contributed by atoms with Crippen LogP contribution < -0.4 is 11.3 Å². The number of rotatable bonds is 6. The summed E-state index contributed by atoms with van der Waals surface area (Å²) in [7, 11) is 0. The van der Waals surface area contributed by atoms with Crippen molar-refractivity contribution in [1.29, 1.82) is 0 Å². The molecule has 0 bridgehead atoms. The molecule has 0 fully saturated rings. The van der Waals surface area contributed by atoms with Crippen molar-refractivity contribution in [1.82, 2.24) is 5.43 Å². The van der Waals surface area contributed by atoms with E-state index in [9.17, 15) is 9.59 Å². The van der Waals surface area contributed by atoms with Crippen molar-refractivity contribution in [3.63, 3.8) is 0 Å². The van der Waals surface area contributed by atoms with Gasteiger partial charge in [0.1, 0.15) is 12.6 Å². The van der Waals surface area contributed by atoms with E-state index >= 15 is 0 Å². The maximum atomic E-state index is 10.1. The summed E-state index contributed by atoms with van der Waals surface area (Å²) in [6.45, 7) is 0. The van der Waals surface area contributed by atoms with Crippen molar-refractivity contribution in [3.05, 3.63) is 0 Å². The lowest BCUT2D eigenvalue weighted by molar-refractivity contribution is -0.110. The summed E-state index contributed by atoms with van der Waals surface area (Å²) in [4.78, 5) is 19.9. The quantitative estimate of drug-likeness (QED) is 0.226. The lowest BCUT2D eigenvalue weighted by Gasteiger charge is -2.05. The molecule has 0 aliphatic carbocycles. The standard InChI is InChI=1S/C6H12N2O2/c7-8-6(5-10)3-1-2-4-9/h4-6,8H,1-3,7H2. The van der Waals surface area contributed by atoms with Gasteiger partial charge in [-0.2, -0.15) is 0 Å². The zero-order chi connectivity index (χ0) is 7.82. The van der Waals surface area contributed by atoms with Gasteiger partial charge in [-0.05, 0) is 12.8 Å². The van der Waals surface area contributed by atoms with Crippen molar-refractivity contribution in [2.75, 3.05) is 0 Å². The first kappa shape index (κ1) is 9.26. The van der Waals surface area contributed by atoms with E-state index in [-0.39, 0.29) is 6.04 Å². The number of carbonyl (C=O) groups excluding carboxylic acids is 2. The van der Waals surface area contributed by atoms with Crippen LogP contribution in [0.2, 0.25) is 0 Å². The van der Waals surface area contributed by atoms with Crippen molar-refractivity contribution < 1.29 is 9.59 Å². The van der Waals surface area contributed by atoms with E-state index in [2.05, 4.69) is 5.43 Å². The van der Waals surface area contributed by atoms with Crippen LogP contribution in [0.5, 0.6) is 0 Å². The van der Waals surface area contributed by atoms with E-state index in [0.717, 1.165) is 12.6 Å². The molecule has 0 saturated carbocycles. The van der Waals surface area contributed by atoms with E-state index < -0.39 is 0 Å². The predicted octanol–water partition coefficient (Wildman–Crippen LogP) is -0.614. The van der Waals surface area contributed by atoms with Crippen molar-refractivity contribution >= 4 is 12.6 Å².